The van der Waals surface area contributed by atoms with Crippen molar-refractivity contribution in [3.8, 4) is 11.5 Å². The molecule has 1 N–H and O–H groups in total. The van der Waals surface area contributed by atoms with Gasteiger partial charge in [-0.05, 0) is 24.6 Å². The highest BCUT2D eigenvalue weighted by Crippen LogP contribution is 2.29. The Morgan fingerprint density at radius 3 is 2.60 bits per heavy atom. The number of nitrogens with zero attached hydrogens (tertiary/aromatic N) is 2. The number of ether oxygens (including phenoxy) is 2. The van der Waals surface area contributed by atoms with E-state index in [0.717, 1.165) is 5.56 Å². The van der Waals surface area contributed by atoms with E-state index in [0.29, 0.717) is 37.7 Å². The zero-order valence-corrected chi connectivity index (χ0v) is 16.1. The average molecular weight is 372 g/mol. The molecule has 2 unspecified atom stereocenters. The highest BCUT2D eigenvalue weighted by atomic mass is 32.2. The Hall–Kier alpha value is -1.35. The third-order valence-corrected chi connectivity index (χ3v) is 6.36. The summed E-state index contributed by atoms with van der Waals surface area (Å²) >= 11 is 0. The lowest BCUT2D eigenvalue weighted by Gasteiger charge is -2.18. The Bertz CT molecular complexity index is 678. The molecule has 0 bridgehead atoms. The Balaban J connectivity index is 2.02. The molecule has 0 amide bonds. The second-order valence-electron chi connectivity index (χ2n) is 6.50. The highest BCUT2D eigenvalue weighted by molar-refractivity contribution is 7.89. The molecule has 142 valence electrons. The summed E-state index contributed by atoms with van der Waals surface area (Å²) in [6.07, 6.45) is -0.640. The van der Waals surface area contributed by atoms with Crippen molar-refractivity contribution in [3.05, 3.63) is 23.8 Å². The van der Waals surface area contributed by atoms with E-state index in [1.54, 1.807) is 7.11 Å². The van der Waals surface area contributed by atoms with E-state index in [9.17, 15) is 13.5 Å². The van der Waals surface area contributed by atoms with Gasteiger partial charge in [0.1, 0.15) is 0 Å². The molecule has 0 aliphatic carbocycles. The van der Waals surface area contributed by atoms with Crippen LogP contribution in [0.25, 0.3) is 0 Å². The van der Waals surface area contributed by atoms with E-state index in [4.69, 9.17) is 9.47 Å². The third kappa shape index (κ3) is 5.07. The predicted octanol–water partition coefficient (Wildman–Crippen LogP) is 0.778. The van der Waals surface area contributed by atoms with Gasteiger partial charge < -0.3 is 14.6 Å². The molecule has 1 fully saturated rings. The Kier molecular flexibility index (Phi) is 6.67. The average Bonchev–Trinajstić information content (AvgIpc) is 2.87. The van der Waals surface area contributed by atoms with E-state index >= 15 is 0 Å². The quantitative estimate of drug-likeness (QED) is 0.726. The van der Waals surface area contributed by atoms with Crippen LogP contribution < -0.4 is 9.47 Å². The number of methoxy groups -OCH3 is 1. The molecule has 1 aliphatic rings. The van der Waals surface area contributed by atoms with Gasteiger partial charge in [-0.1, -0.05) is 6.07 Å². The van der Waals surface area contributed by atoms with Crippen molar-refractivity contribution >= 4 is 10.0 Å². The second-order valence-corrected chi connectivity index (χ2v) is 8.73. The first-order valence-electron chi connectivity index (χ1n) is 8.37. The van der Waals surface area contributed by atoms with Gasteiger partial charge in [-0.3, -0.25) is 4.90 Å². The lowest BCUT2D eigenvalue weighted by molar-refractivity contribution is 0.148. The third-order valence-electron chi connectivity index (χ3n) is 4.40. The van der Waals surface area contributed by atoms with E-state index < -0.39 is 16.1 Å². The number of benzene rings is 1. The minimum absolute atomic E-state index is 0.0374. The summed E-state index contributed by atoms with van der Waals surface area (Å²) in [5, 5.41) is 10.2. The van der Waals surface area contributed by atoms with Crippen LogP contribution in [0, 0.1) is 5.92 Å². The zero-order chi connectivity index (χ0) is 18.6. The molecule has 8 heteroatoms. The molecule has 2 rings (SSSR count). The summed E-state index contributed by atoms with van der Waals surface area (Å²) in [4.78, 5) is 2.07. The number of hydrogen-bond donors (Lipinski definition) is 1. The predicted molar refractivity (Wildman–Crippen MR) is 96.4 cm³/mol. The van der Waals surface area contributed by atoms with Crippen LogP contribution in [0.4, 0.5) is 0 Å². The molecule has 7 nitrogen and oxygen atoms in total. The fourth-order valence-corrected chi connectivity index (χ4v) is 4.16. The normalized spacial score (nSPS) is 21.7. The van der Waals surface area contributed by atoms with Crippen molar-refractivity contribution in [1.82, 2.24) is 9.21 Å². The van der Waals surface area contributed by atoms with Crippen LogP contribution in [0.15, 0.2) is 18.2 Å². The number of sulfonamides is 1. The molecule has 0 saturated carbocycles. The zero-order valence-electron chi connectivity index (χ0n) is 15.3. The highest BCUT2D eigenvalue weighted by Gasteiger charge is 2.35. The summed E-state index contributed by atoms with van der Waals surface area (Å²) in [5.41, 5.74) is 1.03. The molecule has 1 heterocycles. The van der Waals surface area contributed by atoms with Gasteiger partial charge >= 0.3 is 0 Å². The van der Waals surface area contributed by atoms with Crippen molar-refractivity contribution in [2.24, 2.45) is 5.92 Å². The van der Waals surface area contributed by atoms with Crippen LogP contribution in [-0.2, 0) is 16.6 Å². The fourth-order valence-electron chi connectivity index (χ4n) is 3.00. The lowest BCUT2D eigenvalue weighted by Crippen LogP contribution is -2.33. The molecule has 2 atom stereocenters. The van der Waals surface area contributed by atoms with Gasteiger partial charge in [-0.25, -0.2) is 12.7 Å². The van der Waals surface area contributed by atoms with Crippen molar-refractivity contribution in [2.75, 3.05) is 46.7 Å². The summed E-state index contributed by atoms with van der Waals surface area (Å²) in [7, 11) is 1.31. The maximum atomic E-state index is 12.0. The first-order valence-corrected chi connectivity index (χ1v) is 9.98. The molecular weight excluding hydrogens is 344 g/mol. The van der Waals surface area contributed by atoms with Crippen molar-refractivity contribution in [1.29, 1.82) is 0 Å². The second kappa shape index (κ2) is 8.35. The van der Waals surface area contributed by atoms with Crippen LogP contribution in [0.2, 0.25) is 0 Å². The van der Waals surface area contributed by atoms with Crippen LogP contribution in [0.5, 0.6) is 11.5 Å². The first-order chi connectivity index (χ1) is 11.8. The molecule has 1 aliphatic heterocycles. The van der Waals surface area contributed by atoms with E-state index in [1.165, 1.54) is 18.4 Å². The fraction of sp³-hybridized carbons (Fsp3) is 0.647. The summed E-state index contributed by atoms with van der Waals surface area (Å²) in [5.74, 6) is 1.05. The van der Waals surface area contributed by atoms with Gasteiger partial charge in [-0.2, -0.15) is 0 Å². The summed E-state index contributed by atoms with van der Waals surface area (Å²) in [6, 6.07) is 5.75. The molecular formula is C17H28N2O5S. The SMILES string of the molecule is CCOc1ccc(CN2CC(O)C(CS(=O)(=O)N(C)C)C2)cc1OC. The number of aliphatic hydroxyl groups excluding tert-OH is 1. The van der Waals surface area contributed by atoms with Gasteiger partial charge in [0.15, 0.2) is 11.5 Å². The molecule has 1 aromatic carbocycles. The van der Waals surface area contributed by atoms with Gasteiger partial charge in [0.2, 0.25) is 10.0 Å². The van der Waals surface area contributed by atoms with Crippen LogP contribution >= 0.6 is 0 Å². The van der Waals surface area contributed by atoms with Gasteiger partial charge in [-0.15, -0.1) is 0 Å². The maximum absolute atomic E-state index is 12.0. The molecule has 0 radical (unpaired) electrons. The molecule has 0 aromatic heterocycles. The minimum atomic E-state index is -3.32. The van der Waals surface area contributed by atoms with E-state index in [2.05, 4.69) is 4.90 Å². The van der Waals surface area contributed by atoms with Crippen molar-refractivity contribution in [2.45, 2.75) is 19.6 Å². The van der Waals surface area contributed by atoms with E-state index in [1.807, 2.05) is 25.1 Å². The molecule has 1 saturated heterocycles. The molecule has 1 aromatic rings. The van der Waals surface area contributed by atoms with Gasteiger partial charge in [0, 0.05) is 39.6 Å². The monoisotopic (exact) mass is 372 g/mol. The smallest absolute Gasteiger partial charge is 0.214 e. The van der Waals surface area contributed by atoms with Gasteiger partial charge in [0.05, 0.1) is 25.6 Å². The summed E-state index contributed by atoms with van der Waals surface area (Å²) in [6.45, 7) is 4.11. The number of β-amino-alcohol motifs (C(OH)–C–C–N with tert-alkyl or cyclic N) is 1. The van der Waals surface area contributed by atoms with E-state index in [-0.39, 0.29) is 11.7 Å². The number of aliphatic hydroxyl groups is 1. The van der Waals surface area contributed by atoms with Gasteiger partial charge in [0.25, 0.3) is 0 Å². The Labute approximate surface area is 150 Å². The van der Waals surface area contributed by atoms with Crippen LogP contribution in [-0.4, -0.2) is 75.5 Å². The van der Waals surface area contributed by atoms with Crippen molar-refractivity contribution in [3.63, 3.8) is 0 Å². The maximum Gasteiger partial charge on any atom is 0.214 e. The molecule has 0 spiro atoms. The number of rotatable bonds is 8. The number of likely N-dealkylation sites (tertiary alicyclic amines) is 1. The topological polar surface area (TPSA) is 79.3 Å². The largest absolute Gasteiger partial charge is 0.493 e. The molecule has 25 heavy (non-hydrogen) atoms. The summed E-state index contributed by atoms with van der Waals surface area (Å²) < 4.78 is 36.2. The van der Waals surface area contributed by atoms with Crippen LogP contribution in [0.3, 0.4) is 0 Å². The van der Waals surface area contributed by atoms with Crippen molar-refractivity contribution < 1.29 is 23.0 Å². The lowest BCUT2D eigenvalue weighted by atomic mass is 10.1. The Morgan fingerprint density at radius 2 is 2.00 bits per heavy atom. The van der Waals surface area contributed by atoms with Crippen LogP contribution in [0.1, 0.15) is 12.5 Å². The standard InChI is InChI=1S/C17H28N2O5S/c1-5-24-16-7-6-13(8-17(16)23-4)9-19-10-14(15(20)11-19)12-25(21,22)18(2)3/h6-8,14-15,20H,5,9-12H2,1-4H3. The minimum Gasteiger partial charge on any atom is -0.493 e. The first kappa shape index (κ1) is 20.0. The number of hydrogen-bond acceptors (Lipinski definition) is 6. The Morgan fingerprint density at radius 1 is 1.28 bits per heavy atom.